The van der Waals surface area contributed by atoms with Crippen molar-refractivity contribution in [2.24, 2.45) is 0 Å². The van der Waals surface area contributed by atoms with Gasteiger partial charge in [0.15, 0.2) is 5.60 Å². The Balaban J connectivity index is 2.41. The first-order valence-electron chi connectivity index (χ1n) is 9.14. The number of aryl methyl sites for hydroxylation is 1. The minimum Gasteiger partial charge on any atom is -0.462 e. The lowest BCUT2D eigenvalue weighted by Crippen LogP contribution is -2.68. The maximum Gasteiger partial charge on any atom is 0.366 e. The molecule has 2 heterocycles. The molecule has 0 amide bonds. The second kappa shape index (κ2) is 7.63. The molecule has 0 bridgehead atoms. The molecule has 1 aliphatic rings. The number of aliphatic hydroxyl groups is 1. The van der Waals surface area contributed by atoms with Crippen molar-refractivity contribution in [3.63, 3.8) is 0 Å². The van der Waals surface area contributed by atoms with Gasteiger partial charge in [0.1, 0.15) is 0 Å². The molecular weight excluding hydrogens is 378 g/mol. The summed E-state index contributed by atoms with van der Waals surface area (Å²) in [5.74, 6) is -3.44. The highest BCUT2D eigenvalue weighted by Crippen LogP contribution is 2.48. The normalized spacial score (nSPS) is 19.7. The number of aromatic nitrogens is 1. The Bertz CT molecular complexity index is 936. The van der Waals surface area contributed by atoms with E-state index in [1.54, 1.807) is 24.3 Å². The number of ether oxygens (including phenoxy) is 3. The Labute approximate surface area is 167 Å². The number of fused-ring (bicyclic) bond motifs is 1. The van der Waals surface area contributed by atoms with Gasteiger partial charge in [-0.2, -0.15) is 0 Å². The van der Waals surface area contributed by atoms with E-state index < -0.39 is 29.1 Å². The molecule has 0 saturated heterocycles. The molecule has 3 rings (SSSR count). The number of carbonyl (C=O) groups is 3. The highest BCUT2D eigenvalue weighted by atomic mass is 16.6. The molecule has 1 atom stereocenters. The van der Waals surface area contributed by atoms with Gasteiger partial charge in [0.05, 0.1) is 18.8 Å². The monoisotopic (exact) mass is 399 g/mol. The first-order chi connectivity index (χ1) is 13.8. The molecule has 0 radical (unpaired) electrons. The van der Waals surface area contributed by atoms with E-state index in [1.165, 1.54) is 32.3 Å². The lowest BCUT2D eigenvalue weighted by atomic mass is 9.69. The number of hydrogen-bond acceptors (Lipinski definition) is 8. The average Bonchev–Trinajstić information content (AvgIpc) is 2.71. The quantitative estimate of drug-likeness (QED) is 0.459. The van der Waals surface area contributed by atoms with Crippen LogP contribution < -0.4 is 0 Å². The maximum atomic E-state index is 13.1. The maximum absolute atomic E-state index is 13.1. The van der Waals surface area contributed by atoms with Crippen molar-refractivity contribution in [3.8, 4) is 0 Å². The summed E-state index contributed by atoms with van der Waals surface area (Å²) in [7, 11) is 0. The van der Waals surface area contributed by atoms with Crippen LogP contribution in [0.15, 0.2) is 42.7 Å². The second-order valence-electron chi connectivity index (χ2n) is 6.51. The van der Waals surface area contributed by atoms with Crippen LogP contribution in [0.3, 0.4) is 0 Å². The average molecular weight is 399 g/mol. The number of esters is 3. The Hall–Kier alpha value is -3.26. The van der Waals surface area contributed by atoms with Crippen LogP contribution in [0.25, 0.3) is 0 Å². The topological polar surface area (TPSA) is 112 Å². The van der Waals surface area contributed by atoms with Gasteiger partial charge in [-0.25, -0.2) is 14.4 Å². The fourth-order valence-corrected chi connectivity index (χ4v) is 3.41. The van der Waals surface area contributed by atoms with Gasteiger partial charge in [-0.3, -0.25) is 4.98 Å². The van der Waals surface area contributed by atoms with Gasteiger partial charge in [-0.15, -0.1) is 0 Å². The number of nitrogens with zero attached hydrogens (tertiary/aromatic N) is 1. The minimum absolute atomic E-state index is 0.00582. The molecule has 1 unspecified atom stereocenters. The molecule has 0 fully saturated rings. The van der Waals surface area contributed by atoms with Crippen molar-refractivity contribution in [2.75, 3.05) is 13.2 Å². The molecular formula is C21H21NO7. The van der Waals surface area contributed by atoms with Gasteiger partial charge in [-0.1, -0.05) is 29.8 Å². The van der Waals surface area contributed by atoms with Crippen LogP contribution in [0, 0.1) is 6.92 Å². The number of hydrogen-bond donors (Lipinski definition) is 1. The Morgan fingerprint density at radius 2 is 1.66 bits per heavy atom. The van der Waals surface area contributed by atoms with E-state index in [9.17, 15) is 19.5 Å². The Morgan fingerprint density at radius 1 is 1.07 bits per heavy atom. The van der Waals surface area contributed by atoms with E-state index in [2.05, 4.69) is 4.98 Å². The molecule has 0 spiro atoms. The number of carbonyl (C=O) groups excluding carboxylic acids is 3. The lowest BCUT2D eigenvalue weighted by Gasteiger charge is -2.45. The Kier molecular flexibility index (Phi) is 5.39. The van der Waals surface area contributed by atoms with Crippen molar-refractivity contribution < 1.29 is 33.7 Å². The smallest absolute Gasteiger partial charge is 0.366 e. The lowest BCUT2D eigenvalue weighted by molar-refractivity contribution is -0.212. The van der Waals surface area contributed by atoms with Gasteiger partial charge < -0.3 is 19.3 Å². The summed E-state index contributed by atoms with van der Waals surface area (Å²) in [5.41, 5.74) is -4.21. The molecule has 1 aromatic heterocycles. The molecule has 152 valence electrons. The summed E-state index contributed by atoms with van der Waals surface area (Å²) >= 11 is 0. The van der Waals surface area contributed by atoms with Crippen molar-refractivity contribution in [2.45, 2.75) is 32.0 Å². The molecule has 0 aliphatic carbocycles. The van der Waals surface area contributed by atoms with Crippen LogP contribution in [-0.2, 0) is 29.4 Å². The van der Waals surface area contributed by atoms with Gasteiger partial charge in [0.25, 0.3) is 0 Å². The van der Waals surface area contributed by atoms with E-state index in [0.29, 0.717) is 0 Å². The van der Waals surface area contributed by atoms with Crippen LogP contribution in [0.2, 0.25) is 0 Å². The fraction of sp³-hybridized carbons (Fsp3) is 0.333. The predicted octanol–water partition coefficient (Wildman–Crippen LogP) is 1.66. The van der Waals surface area contributed by atoms with Crippen molar-refractivity contribution >= 4 is 17.9 Å². The third-order valence-corrected chi connectivity index (χ3v) is 4.78. The number of pyridine rings is 1. The van der Waals surface area contributed by atoms with E-state index in [0.717, 1.165) is 5.56 Å². The van der Waals surface area contributed by atoms with Crippen molar-refractivity contribution in [1.82, 2.24) is 4.98 Å². The third-order valence-electron chi connectivity index (χ3n) is 4.78. The molecule has 8 nitrogen and oxygen atoms in total. The molecule has 1 aromatic carbocycles. The standard InChI is InChI=1S/C21H21NO7/c1-4-27-18(24)21(19(25)28-5-2)20(26,14-8-6-13(3)7-9-14)16-10-11-22-12-15(16)17(23)29-21/h6-12,26H,4-5H2,1-3H3. The summed E-state index contributed by atoms with van der Waals surface area (Å²) in [6.45, 7) is 4.69. The SMILES string of the molecule is CCOC(=O)C1(C(=O)OCC)OC(=O)c2cnccc2C1(O)c1ccc(C)cc1. The molecule has 1 N–H and O–H groups in total. The largest absolute Gasteiger partial charge is 0.462 e. The van der Waals surface area contributed by atoms with Crippen LogP contribution in [0.4, 0.5) is 0 Å². The summed E-state index contributed by atoms with van der Waals surface area (Å²) in [6, 6.07) is 7.86. The Morgan fingerprint density at radius 3 is 2.21 bits per heavy atom. The number of rotatable bonds is 5. The highest BCUT2D eigenvalue weighted by Gasteiger charge is 2.71. The van der Waals surface area contributed by atoms with E-state index >= 15 is 0 Å². The molecule has 2 aromatic rings. The minimum atomic E-state index is -2.78. The predicted molar refractivity (Wildman–Crippen MR) is 99.8 cm³/mol. The van der Waals surface area contributed by atoms with Crippen molar-refractivity contribution in [1.29, 1.82) is 0 Å². The van der Waals surface area contributed by atoms with Crippen LogP contribution >= 0.6 is 0 Å². The summed E-state index contributed by atoms with van der Waals surface area (Å²) in [5, 5.41) is 12.0. The van der Waals surface area contributed by atoms with Crippen LogP contribution in [0.5, 0.6) is 0 Å². The number of benzene rings is 1. The van der Waals surface area contributed by atoms with Gasteiger partial charge in [-0.05, 0) is 32.4 Å². The molecule has 1 aliphatic heterocycles. The van der Waals surface area contributed by atoms with E-state index in [1.807, 2.05) is 6.92 Å². The highest BCUT2D eigenvalue weighted by molar-refractivity contribution is 6.11. The fourth-order valence-electron chi connectivity index (χ4n) is 3.41. The summed E-state index contributed by atoms with van der Waals surface area (Å²) in [6.07, 6.45) is 2.55. The zero-order valence-corrected chi connectivity index (χ0v) is 16.3. The van der Waals surface area contributed by atoms with Crippen molar-refractivity contribution in [3.05, 3.63) is 65.0 Å². The molecule has 8 heteroatoms. The zero-order chi connectivity index (χ0) is 21.2. The van der Waals surface area contributed by atoms with Crippen LogP contribution in [0.1, 0.15) is 40.9 Å². The van der Waals surface area contributed by atoms with E-state index in [-0.39, 0.29) is 29.9 Å². The number of cyclic esters (lactones) is 1. The summed E-state index contributed by atoms with van der Waals surface area (Å²) < 4.78 is 15.5. The summed E-state index contributed by atoms with van der Waals surface area (Å²) in [4.78, 5) is 42.7. The van der Waals surface area contributed by atoms with Crippen LogP contribution in [-0.4, -0.2) is 46.8 Å². The first-order valence-corrected chi connectivity index (χ1v) is 9.14. The van der Waals surface area contributed by atoms with Gasteiger partial charge in [0, 0.05) is 18.0 Å². The van der Waals surface area contributed by atoms with Gasteiger partial charge in [0.2, 0.25) is 0 Å². The van der Waals surface area contributed by atoms with Gasteiger partial charge >= 0.3 is 23.5 Å². The molecule has 0 saturated carbocycles. The first kappa shape index (κ1) is 20.5. The molecule has 29 heavy (non-hydrogen) atoms. The van der Waals surface area contributed by atoms with E-state index in [4.69, 9.17) is 14.2 Å². The third kappa shape index (κ3) is 2.96. The zero-order valence-electron chi connectivity index (χ0n) is 16.3. The second-order valence-corrected chi connectivity index (χ2v) is 6.51.